The number of amides is 1. The van der Waals surface area contributed by atoms with Gasteiger partial charge in [-0.2, -0.15) is 5.10 Å². The standard InChI is InChI=1S/C24H23N3O5/c1-3-31-23-13-19(10-12-22(23)32-16-18-7-5-4-6-8-18)15-25-26-24(28)20-11-9-17(2)21(14-20)27(29)30/h4-15H,3,16H2,1-2H3,(H,26,28)/b25-15-. The van der Waals surface area contributed by atoms with Crippen LogP contribution in [0.25, 0.3) is 0 Å². The Bertz CT molecular complexity index is 1130. The molecule has 3 aromatic rings. The van der Waals surface area contributed by atoms with Gasteiger partial charge in [0.25, 0.3) is 11.6 Å². The van der Waals surface area contributed by atoms with Crippen LogP contribution >= 0.6 is 0 Å². The van der Waals surface area contributed by atoms with Crippen LogP contribution in [-0.4, -0.2) is 23.7 Å². The Morgan fingerprint density at radius 3 is 2.56 bits per heavy atom. The van der Waals surface area contributed by atoms with Crippen LogP contribution in [-0.2, 0) is 6.61 Å². The molecule has 1 N–H and O–H groups in total. The molecule has 0 fully saturated rings. The zero-order chi connectivity index (χ0) is 22.9. The van der Waals surface area contributed by atoms with Crippen LogP contribution < -0.4 is 14.9 Å². The number of carbonyl (C=O) groups excluding carboxylic acids is 1. The normalized spacial score (nSPS) is 10.7. The van der Waals surface area contributed by atoms with Crippen molar-refractivity contribution >= 4 is 17.8 Å². The van der Waals surface area contributed by atoms with E-state index in [0.717, 1.165) is 5.56 Å². The van der Waals surface area contributed by atoms with E-state index in [1.54, 1.807) is 25.1 Å². The molecule has 0 aliphatic carbocycles. The Labute approximate surface area is 185 Å². The Balaban J connectivity index is 1.67. The smallest absolute Gasteiger partial charge is 0.273 e. The van der Waals surface area contributed by atoms with Crippen molar-refractivity contribution in [1.82, 2.24) is 5.43 Å². The van der Waals surface area contributed by atoms with E-state index in [0.29, 0.717) is 35.8 Å². The van der Waals surface area contributed by atoms with Crippen LogP contribution in [0.2, 0.25) is 0 Å². The first kappa shape index (κ1) is 22.5. The van der Waals surface area contributed by atoms with Gasteiger partial charge < -0.3 is 9.47 Å². The van der Waals surface area contributed by atoms with E-state index in [4.69, 9.17) is 9.47 Å². The molecule has 0 heterocycles. The number of nitrogens with zero attached hydrogens (tertiary/aromatic N) is 2. The highest BCUT2D eigenvalue weighted by molar-refractivity contribution is 5.95. The SMILES string of the molecule is CCOc1cc(/C=N\NC(=O)c2ccc(C)c([N+](=O)[O-])c2)ccc1OCc1ccccc1. The maximum atomic E-state index is 12.3. The monoisotopic (exact) mass is 433 g/mol. The van der Waals surface area contributed by atoms with Crippen molar-refractivity contribution in [2.45, 2.75) is 20.5 Å². The summed E-state index contributed by atoms with van der Waals surface area (Å²) in [5, 5.41) is 15.0. The van der Waals surface area contributed by atoms with Gasteiger partial charge in [-0.15, -0.1) is 0 Å². The Morgan fingerprint density at radius 1 is 1.06 bits per heavy atom. The first-order valence-corrected chi connectivity index (χ1v) is 10.00. The highest BCUT2D eigenvalue weighted by Crippen LogP contribution is 2.29. The average Bonchev–Trinajstić information content (AvgIpc) is 2.79. The van der Waals surface area contributed by atoms with Gasteiger partial charge >= 0.3 is 0 Å². The van der Waals surface area contributed by atoms with Gasteiger partial charge in [0.2, 0.25) is 0 Å². The molecule has 0 aliphatic rings. The number of nitro benzene ring substituents is 1. The van der Waals surface area contributed by atoms with Crippen LogP contribution in [0.1, 0.15) is 34.0 Å². The number of ether oxygens (including phenoxy) is 2. The molecule has 32 heavy (non-hydrogen) atoms. The molecule has 8 nitrogen and oxygen atoms in total. The van der Waals surface area contributed by atoms with Crippen molar-refractivity contribution in [2.75, 3.05) is 6.61 Å². The molecule has 0 saturated carbocycles. The lowest BCUT2D eigenvalue weighted by molar-refractivity contribution is -0.385. The van der Waals surface area contributed by atoms with Crippen LogP contribution in [0.5, 0.6) is 11.5 Å². The van der Waals surface area contributed by atoms with Crippen molar-refractivity contribution < 1.29 is 19.2 Å². The third kappa shape index (κ3) is 5.91. The third-order valence-corrected chi connectivity index (χ3v) is 4.55. The molecule has 3 aromatic carbocycles. The number of nitro groups is 1. The molecule has 1 amide bonds. The molecule has 0 aliphatic heterocycles. The minimum Gasteiger partial charge on any atom is -0.490 e. The van der Waals surface area contributed by atoms with Crippen LogP contribution in [0.15, 0.2) is 71.8 Å². The predicted molar refractivity (Wildman–Crippen MR) is 121 cm³/mol. The molecular weight excluding hydrogens is 410 g/mol. The second kappa shape index (κ2) is 10.7. The predicted octanol–water partition coefficient (Wildman–Crippen LogP) is 4.64. The first-order chi connectivity index (χ1) is 15.5. The summed E-state index contributed by atoms with van der Waals surface area (Å²) < 4.78 is 11.5. The maximum Gasteiger partial charge on any atom is 0.273 e. The number of hydrogen-bond acceptors (Lipinski definition) is 6. The summed E-state index contributed by atoms with van der Waals surface area (Å²) in [4.78, 5) is 22.8. The van der Waals surface area contributed by atoms with Crippen molar-refractivity contribution in [3.63, 3.8) is 0 Å². The first-order valence-electron chi connectivity index (χ1n) is 10.00. The third-order valence-electron chi connectivity index (χ3n) is 4.55. The maximum absolute atomic E-state index is 12.3. The molecule has 0 spiro atoms. The number of hydrazone groups is 1. The fourth-order valence-corrected chi connectivity index (χ4v) is 2.91. The van der Waals surface area contributed by atoms with Gasteiger partial charge in [-0.1, -0.05) is 36.4 Å². The van der Waals surface area contributed by atoms with E-state index in [2.05, 4.69) is 10.5 Å². The van der Waals surface area contributed by atoms with Gasteiger partial charge in [0.05, 0.1) is 17.7 Å². The molecule has 0 aromatic heterocycles. The van der Waals surface area contributed by atoms with Crippen molar-refractivity contribution in [2.24, 2.45) is 5.10 Å². The molecule has 0 unspecified atom stereocenters. The quantitative estimate of drug-likeness (QED) is 0.301. The summed E-state index contributed by atoms with van der Waals surface area (Å²) in [5.41, 5.74) is 4.63. The lowest BCUT2D eigenvalue weighted by atomic mass is 10.1. The van der Waals surface area contributed by atoms with E-state index in [1.165, 1.54) is 24.4 Å². The van der Waals surface area contributed by atoms with E-state index in [-0.39, 0.29) is 11.3 Å². The topological polar surface area (TPSA) is 103 Å². The molecule has 8 heteroatoms. The van der Waals surface area contributed by atoms with Gasteiger partial charge in [-0.3, -0.25) is 14.9 Å². The second-order valence-corrected chi connectivity index (χ2v) is 6.87. The lowest BCUT2D eigenvalue weighted by Gasteiger charge is -2.12. The number of rotatable bonds is 9. The Hall–Kier alpha value is -4.20. The number of benzene rings is 3. The molecule has 3 rings (SSSR count). The van der Waals surface area contributed by atoms with Gasteiger partial charge in [-0.05, 0) is 49.2 Å². The Kier molecular flexibility index (Phi) is 7.53. The summed E-state index contributed by atoms with van der Waals surface area (Å²) in [5.74, 6) is 0.619. The summed E-state index contributed by atoms with van der Waals surface area (Å²) in [6, 6.07) is 19.4. The highest BCUT2D eigenvalue weighted by Gasteiger charge is 2.14. The van der Waals surface area contributed by atoms with Crippen molar-refractivity contribution in [1.29, 1.82) is 0 Å². The van der Waals surface area contributed by atoms with Crippen LogP contribution in [0, 0.1) is 17.0 Å². The van der Waals surface area contributed by atoms with Crippen molar-refractivity contribution in [3.05, 3.63) is 99.1 Å². The minimum absolute atomic E-state index is 0.117. The summed E-state index contributed by atoms with van der Waals surface area (Å²) in [7, 11) is 0. The molecule has 0 bridgehead atoms. The van der Waals surface area contributed by atoms with Gasteiger partial charge in [0.15, 0.2) is 11.5 Å². The number of hydrogen-bond donors (Lipinski definition) is 1. The van der Waals surface area contributed by atoms with Crippen molar-refractivity contribution in [3.8, 4) is 11.5 Å². The molecule has 0 atom stereocenters. The fraction of sp³-hybridized carbons (Fsp3) is 0.167. The summed E-state index contributed by atoms with van der Waals surface area (Å²) in [6.45, 7) is 4.36. The number of aryl methyl sites for hydroxylation is 1. The molecule has 0 saturated heterocycles. The summed E-state index contributed by atoms with van der Waals surface area (Å²) in [6.07, 6.45) is 1.46. The largest absolute Gasteiger partial charge is 0.490 e. The zero-order valence-corrected chi connectivity index (χ0v) is 17.8. The lowest BCUT2D eigenvalue weighted by Crippen LogP contribution is -2.17. The average molecular weight is 433 g/mol. The minimum atomic E-state index is -0.544. The van der Waals surface area contributed by atoms with Crippen LogP contribution in [0.3, 0.4) is 0 Å². The van der Waals surface area contributed by atoms with E-state index in [1.807, 2.05) is 37.3 Å². The van der Waals surface area contributed by atoms with E-state index < -0.39 is 10.8 Å². The van der Waals surface area contributed by atoms with Gasteiger partial charge in [0, 0.05) is 17.2 Å². The number of nitrogens with one attached hydrogen (secondary N) is 1. The van der Waals surface area contributed by atoms with Gasteiger partial charge in [0.1, 0.15) is 6.61 Å². The van der Waals surface area contributed by atoms with Crippen LogP contribution in [0.4, 0.5) is 5.69 Å². The molecular formula is C24H23N3O5. The number of carbonyl (C=O) groups is 1. The van der Waals surface area contributed by atoms with Gasteiger partial charge in [-0.25, -0.2) is 5.43 Å². The molecule has 0 radical (unpaired) electrons. The molecule has 164 valence electrons. The fourth-order valence-electron chi connectivity index (χ4n) is 2.91. The van der Waals surface area contributed by atoms with E-state index in [9.17, 15) is 14.9 Å². The summed E-state index contributed by atoms with van der Waals surface area (Å²) >= 11 is 0. The van der Waals surface area contributed by atoms with E-state index >= 15 is 0 Å². The highest BCUT2D eigenvalue weighted by atomic mass is 16.6. The Morgan fingerprint density at radius 2 is 1.84 bits per heavy atom. The zero-order valence-electron chi connectivity index (χ0n) is 17.8. The second-order valence-electron chi connectivity index (χ2n) is 6.87.